The smallest absolute Gasteiger partial charge is 0.123 e. The van der Waals surface area contributed by atoms with E-state index in [1.54, 1.807) is 7.11 Å². The van der Waals surface area contributed by atoms with Crippen LogP contribution in [0.2, 0.25) is 0 Å². The molecule has 1 rings (SSSR count). The van der Waals surface area contributed by atoms with Crippen LogP contribution >= 0.6 is 0 Å². The van der Waals surface area contributed by atoms with Crippen molar-refractivity contribution >= 4 is 0 Å². The van der Waals surface area contributed by atoms with Crippen LogP contribution in [-0.2, 0) is 17.9 Å². The molecular weight excluding hydrogens is 214 g/mol. The van der Waals surface area contributed by atoms with Crippen LogP contribution in [0.3, 0.4) is 0 Å². The highest BCUT2D eigenvalue weighted by atomic mass is 16.5. The first-order chi connectivity index (χ1) is 8.21. The van der Waals surface area contributed by atoms with E-state index in [2.05, 4.69) is 13.8 Å². The fraction of sp³-hybridized carbons (Fsp3) is 0.571. The Morgan fingerprint density at radius 1 is 1.35 bits per heavy atom. The number of hydrogen-bond donors (Lipinski definition) is 1. The Balaban J connectivity index is 2.60. The summed E-state index contributed by atoms with van der Waals surface area (Å²) in [6, 6.07) is 6.05. The van der Waals surface area contributed by atoms with Gasteiger partial charge >= 0.3 is 0 Å². The molecule has 96 valence electrons. The number of hydrogen-bond acceptors (Lipinski definition) is 3. The molecule has 0 saturated carbocycles. The van der Waals surface area contributed by atoms with Crippen molar-refractivity contribution in [3.63, 3.8) is 0 Å². The summed E-state index contributed by atoms with van der Waals surface area (Å²) in [5.41, 5.74) is 7.78. The van der Waals surface area contributed by atoms with Gasteiger partial charge in [-0.1, -0.05) is 25.5 Å². The van der Waals surface area contributed by atoms with Gasteiger partial charge in [-0.3, -0.25) is 0 Å². The van der Waals surface area contributed by atoms with E-state index in [1.165, 1.54) is 0 Å². The van der Waals surface area contributed by atoms with Crippen LogP contribution in [0.5, 0.6) is 5.75 Å². The Labute approximate surface area is 104 Å². The van der Waals surface area contributed by atoms with E-state index < -0.39 is 0 Å². The van der Waals surface area contributed by atoms with Crippen molar-refractivity contribution in [2.45, 2.75) is 45.9 Å². The van der Waals surface area contributed by atoms with E-state index in [1.807, 2.05) is 18.2 Å². The first-order valence-electron chi connectivity index (χ1n) is 6.18. The van der Waals surface area contributed by atoms with E-state index in [4.69, 9.17) is 15.2 Å². The summed E-state index contributed by atoms with van der Waals surface area (Å²) in [4.78, 5) is 0. The molecule has 1 aromatic rings. The summed E-state index contributed by atoms with van der Waals surface area (Å²) >= 11 is 0. The molecule has 3 nitrogen and oxygen atoms in total. The van der Waals surface area contributed by atoms with Gasteiger partial charge in [0.15, 0.2) is 0 Å². The highest BCUT2D eigenvalue weighted by Crippen LogP contribution is 2.20. The summed E-state index contributed by atoms with van der Waals surface area (Å²) in [5.74, 6) is 0.844. The SMILES string of the molecule is CCCC(C)OCc1ccc(CN)c(OC)c1. The average Bonchev–Trinajstić information content (AvgIpc) is 2.36. The van der Waals surface area contributed by atoms with E-state index in [9.17, 15) is 0 Å². The Hall–Kier alpha value is -1.06. The molecule has 0 heterocycles. The number of ether oxygens (including phenoxy) is 2. The molecule has 0 amide bonds. The molecule has 0 bridgehead atoms. The van der Waals surface area contributed by atoms with Crippen molar-refractivity contribution in [3.05, 3.63) is 29.3 Å². The predicted octanol–water partition coefficient (Wildman–Crippen LogP) is 2.86. The normalized spacial score (nSPS) is 12.5. The molecule has 17 heavy (non-hydrogen) atoms. The zero-order chi connectivity index (χ0) is 12.7. The second-order valence-corrected chi connectivity index (χ2v) is 4.26. The fourth-order valence-electron chi connectivity index (χ4n) is 1.78. The van der Waals surface area contributed by atoms with Gasteiger partial charge in [0, 0.05) is 12.1 Å². The third kappa shape index (κ3) is 4.36. The molecule has 1 unspecified atom stereocenters. The van der Waals surface area contributed by atoms with Crippen molar-refractivity contribution in [3.8, 4) is 5.75 Å². The molecule has 2 N–H and O–H groups in total. The van der Waals surface area contributed by atoms with Crippen molar-refractivity contribution in [1.82, 2.24) is 0 Å². The van der Waals surface area contributed by atoms with Gasteiger partial charge in [0.05, 0.1) is 19.8 Å². The second kappa shape index (κ2) is 7.30. The third-order valence-electron chi connectivity index (χ3n) is 2.80. The standard InChI is InChI=1S/C14H23NO2/c1-4-5-11(2)17-10-12-6-7-13(9-15)14(8-12)16-3/h6-8,11H,4-5,9-10,15H2,1-3H3. The van der Waals surface area contributed by atoms with Crippen LogP contribution in [-0.4, -0.2) is 13.2 Å². The highest BCUT2D eigenvalue weighted by Gasteiger charge is 2.05. The van der Waals surface area contributed by atoms with Gasteiger partial charge in [0.1, 0.15) is 5.75 Å². The number of nitrogens with two attached hydrogens (primary N) is 1. The predicted molar refractivity (Wildman–Crippen MR) is 70.0 cm³/mol. The van der Waals surface area contributed by atoms with Crippen LogP contribution in [0.25, 0.3) is 0 Å². The van der Waals surface area contributed by atoms with E-state index in [0.29, 0.717) is 19.3 Å². The molecule has 0 aromatic heterocycles. The number of benzene rings is 1. The lowest BCUT2D eigenvalue weighted by atomic mass is 10.1. The molecule has 1 atom stereocenters. The maximum atomic E-state index is 5.75. The molecule has 0 fully saturated rings. The minimum atomic E-state index is 0.306. The Morgan fingerprint density at radius 3 is 2.71 bits per heavy atom. The highest BCUT2D eigenvalue weighted by molar-refractivity contribution is 5.37. The molecule has 0 aliphatic carbocycles. The van der Waals surface area contributed by atoms with E-state index >= 15 is 0 Å². The molecule has 1 aromatic carbocycles. The first-order valence-corrected chi connectivity index (χ1v) is 6.18. The summed E-state index contributed by atoms with van der Waals surface area (Å²) in [6.07, 6.45) is 2.55. The summed E-state index contributed by atoms with van der Waals surface area (Å²) < 4.78 is 11.1. The lowest BCUT2D eigenvalue weighted by Crippen LogP contribution is -2.08. The van der Waals surface area contributed by atoms with Crippen molar-refractivity contribution in [2.75, 3.05) is 7.11 Å². The van der Waals surface area contributed by atoms with Crippen molar-refractivity contribution in [2.24, 2.45) is 5.73 Å². The maximum Gasteiger partial charge on any atom is 0.123 e. The summed E-state index contributed by atoms with van der Waals surface area (Å²) in [7, 11) is 1.67. The van der Waals surface area contributed by atoms with Gasteiger partial charge < -0.3 is 15.2 Å². The Bertz CT molecular complexity index is 339. The second-order valence-electron chi connectivity index (χ2n) is 4.26. The topological polar surface area (TPSA) is 44.5 Å². The third-order valence-corrected chi connectivity index (χ3v) is 2.80. The lowest BCUT2D eigenvalue weighted by Gasteiger charge is -2.13. The fourth-order valence-corrected chi connectivity index (χ4v) is 1.78. The minimum absolute atomic E-state index is 0.306. The van der Waals surface area contributed by atoms with Gasteiger partial charge in [-0.2, -0.15) is 0 Å². The van der Waals surface area contributed by atoms with Crippen LogP contribution in [0.1, 0.15) is 37.8 Å². The first kappa shape index (κ1) is 14.0. The van der Waals surface area contributed by atoms with Gasteiger partial charge in [-0.15, -0.1) is 0 Å². The van der Waals surface area contributed by atoms with Gasteiger partial charge in [0.2, 0.25) is 0 Å². The Kier molecular flexibility index (Phi) is 6.01. The molecule has 0 saturated heterocycles. The quantitative estimate of drug-likeness (QED) is 0.793. The monoisotopic (exact) mass is 237 g/mol. The molecule has 0 aliphatic rings. The Morgan fingerprint density at radius 2 is 2.12 bits per heavy atom. The molecule has 0 spiro atoms. The van der Waals surface area contributed by atoms with E-state index in [0.717, 1.165) is 29.7 Å². The molecular formula is C14H23NO2. The summed E-state index contributed by atoms with van der Waals surface area (Å²) in [6.45, 7) is 5.40. The number of methoxy groups -OCH3 is 1. The lowest BCUT2D eigenvalue weighted by molar-refractivity contribution is 0.0471. The van der Waals surface area contributed by atoms with E-state index in [-0.39, 0.29) is 0 Å². The van der Waals surface area contributed by atoms with Crippen LogP contribution < -0.4 is 10.5 Å². The minimum Gasteiger partial charge on any atom is -0.496 e. The van der Waals surface area contributed by atoms with Crippen LogP contribution in [0.4, 0.5) is 0 Å². The van der Waals surface area contributed by atoms with Gasteiger partial charge in [-0.05, 0) is 25.0 Å². The average molecular weight is 237 g/mol. The maximum absolute atomic E-state index is 5.75. The van der Waals surface area contributed by atoms with Gasteiger partial charge in [-0.25, -0.2) is 0 Å². The van der Waals surface area contributed by atoms with Crippen LogP contribution in [0, 0.1) is 0 Å². The van der Waals surface area contributed by atoms with Crippen molar-refractivity contribution < 1.29 is 9.47 Å². The van der Waals surface area contributed by atoms with Gasteiger partial charge in [0.25, 0.3) is 0 Å². The molecule has 0 radical (unpaired) electrons. The molecule has 0 aliphatic heterocycles. The zero-order valence-electron chi connectivity index (χ0n) is 11.0. The molecule has 3 heteroatoms. The number of rotatable bonds is 7. The zero-order valence-corrected chi connectivity index (χ0v) is 11.0. The largest absolute Gasteiger partial charge is 0.496 e. The van der Waals surface area contributed by atoms with Crippen molar-refractivity contribution in [1.29, 1.82) is 0 Å². The summed E-state index contributed by atoms with van der Waals surface area (Å²) in [5, 5.41) is 0. The van der Waals surface area contributed by atoms with Crippen LogP contribution in [0.15, 0.2) is 18.2 Å².